The molecule has 0 radical (unpaired) electrons. The van der Waals surface area contributed by atoms with Gasteiger partial charge in [-0.3, -0.25) is 14.7 Å². The SMILES string of the molecule is O=C(CCN1CCNCC1c1cccnc1)Nc1ccccc1. The molecule has 120 valence electrons. The van der Waals surface area contributed by atoms with Crippen LogP contribution >= 0.6 is 0 Å². The molecule has 1 atom stereocenters. The summed E-state index contributed by atoms with van der Waals surface area (Å²) in [4.78, 5) is 18.7. The molecule has 2 heterocycles. The number of aromatic nitrogens is 1. The zero-order valence-electron chi connectivity index (χ0n) is 13.1. The lowest BCUT2D eigenvalue weighted by Gasteiger charge is -2.36. The first-order valence-corrected chi connectivity index (χ1v) is 8.02. The quantitative estimate of drug-likeness (QED) is 0.887. The van der Waals surface area contributed by atoms with Crippen molar-refractivity contribution in [3.05, 3.63) is 60.4 Å². The average Bonchev–Trinajstić information content (AvgIpc) is 2.62. The average molecular weight is 310 g/mol. The topological polar surface area (TPSA) is 57.3 Å². The predicted octanol–water partition coefficient (Wildman–Crippen LogP) is 2.06. The maximum atomic E-state index is 12.1. The molecule has 3 rings (SSSR count). The first-order valence-electron chi connectivity index (χ1n) is 8.02. The molecule has 0 aliphatic carbocycles. The summed E-state index contributed by atoms with van der Waals surface area (Å²) >= 11 is 0. The van der Waals surface area contributed by atoms with Gasteiger partial charge in [-0.1, -0.05) is 24.3 Å². The van der Waals surface area contributed by atoms with Crippen molar-refractivity contribution >= 4 is 11.6 Å². The number of rotatable bonds is 5. The van der Waals surface area contributed by atoms with Crippen LogP contribution in [0.2, 0.25) is 0 Å². The Morgan fingerprint density at radius 3 is 2.91 bits per heavy atom. The first-order chi connectivity index (χ1) is 11.3. The molecule has 2 N–H and O–H groups in total. The van der Waals surface area contributed by atoms with Crippen molar-refractivity contribution in [1.29, 1.82) is 0 Å². The second-order valence-electron chi connectivity index (χ2n) is 5.71. The molecule has 1 aromatic carbocycles. The Balaban J connectivity index is 1.56. The summed E-state index contributed by atoms with van der Waals surface area (Å²) < 4.78 is 0. The number of carbonyl (C=O) groups is 1. The summed E-state index contributed by atoms with van der Waals surface area (Å²) in [5.41, 5.74) is 2.05. The number of hydrogen-bond acceptors (Lipinski definition) is 4. The molecule has 1 unspecified atom stereocenters. The van der Waals surface area contributed by atoms with Crippen LogP contribution in [0.4, 0.5) is 5.69 Å². The van der Waals surface area contributed by atoms with Crippen LogP contribution in [0.5, 0.6) is 0 Å². The van der Waals surface area contributed by atoms with Gasteiger partial charge in [0.15, 0.2) is 0 Å². The van der Waals surface area contributed by atoms with Gasteiger partial charge in [-0.25, -0.2) is 0 Å². The summed E-state index contributed by atoms with van der Waals surface area (Å²) in [6, 6.07) is 13.9. The van der Waals surface area contributed by atoms with Gasteiger partial charge in [-0.2, -0.15) is 0 Å². The van der Waals surface area contributed by atoms with Crippen LogP contribution in [0.1, 0.15) is 18.0 Å². The minimum Gasteiger partial charge on any atom is -0.326 e. The van der Waals surface area contributed by atoms with Crippen molar-refractivity contribution in [3.8, 4) is 0 Å². The number of nitrogens with zero attached hydrogens (tertiary/aromatic N) is 2. The number of pyridine rings is 1. The number of carbonyl (C=O) groups excluding carboxylic acids is 1. The Morgan fingerprint density at radius 2 is 2.13 bits per heavy atom. The molecule has 23 heavy (non-hydrogen) atoms. The number of benzene rings is 1. The minimum absolute atomic E-state index is 0.0552. The number of amides is 1. The van der Waals surface area contributed by atoms with E-state index in [9.17, 15) is 4.79 Å². The number of nitrogens with one attached hydrogen (secondary N) is 2. The summed E-state index contributed by atoms with van der Waals surface area (Å²) in [5, 5.41) is 6.36. The van der Waals surface area contributed by atoms with Crippen molar-refractivity contribution in [1.82, 2.24) is 15.2 Å². The molecule has 0 saturated carbocycles. The van der Waals surface area contributed by atoms with E-state index in [-0.39, 0.29) is 11.9 Å². The van der Waals surface area contributed by atoms with Crippen LogP contribution in [0, 0.1) is 0 Å². The van der Waals surface area contributed by atoms with Gasteiger partial charge in [-0.15, -0.1) is 0 Å². The third kappa shape index (κ3) is 4.37. The summed E-state index contributed by atoms with van der Waals surface area (Å²) in [7, 11) is 0. The Bertz CT molecular complexity index is 617. The number of hydrogen-bond donors (Lipinski definition) is 2. The maximum absolute atomic E-state index is 12.1. The normalized spacial score (nSPS) is 18.5. The van der Waals surface area contributed by atoms with E-state index in [2.05, 4.69) is 26.6 Å². The monoisotopic (exact) mass is 310 g/mol. The number of piperazine rings is 1. The third-order valence-corrected chi connectivity index (χ3v) is 4.11. The molecule has 5 heteroatoms. The van der Waals surface area contributed by atoms with Crippen LogP contribution in [-0.4, -0.2) is 42.0 Å². The van der Waals surface area contributed by atoms with Gasteiger partial charge in [0, 0.05) is 56.7 Å². The van der Waals surface area contributed by atoms with Gasteiger partial charge < -0.3 is 10.6 Å². The van der Waals surface area contributed by atoms with E-state index in [1.807, 2.05) is 42.6 Å². The van der Waals surface area contributed by atoms with Crippen LogP contribution in [-0.2, 0) is 4.79 Å². The van der Waals surface area contributed by atoms with Crippen LogP contribution in [0.15, 0.2) is 54.9 Å². The Kier molecular flexibility index (Phi) is 5.34. The van der Waals surface area contributed by atoms with Crippen molar-refractivity contribution in [3.63, 3.8) is 0 Å². The highest BCUT2D eigenvalue weighted by atomic mass is 16.1. The molecule has 1 aromatic heterocycles. The van der Waals surface area contributed by atoms with Gasteiger partial charge in [0.2, 0.25) is 5.91 Å². The lowest BCUT2D eigenvalue weighted by molar-refractivity contribution is -0.116. The fraction of sp³-hybridized carbons (Fsp3) is 0.333. The molecule has 2 aromatic rings. The molecule has 1 aliphatic heterocycles. The van der Waals surface area contributed by atoms with Crippen molar-refractivity contribution in [2.75, 3.05) is 31.5 Å². The molecule has 1 saturated heterocycles. The molecule has 5 nitrogen and oxygen atoms in total. The third-order valence-electron chi connectivity index (χ3n) is 4.11. The molecule has 0 bridgehead atoms. The second-order valence-corrected chi connectivity index (χ2v) is 5.71. The fourth-order valence-electron chi connectivity index (χ4n) is 2.91. The smallest absolute Gasteiger partial charge is 0.225 e. The zero-order valence-corrected chi connectivity index (χ0v) is 13.1. The highest BCUT2D eigenvalue weighted by Crippen LogP contribution is 2.21. The fourth-order valence-corrected chi connectivity index (χ4v) is 2.91. The maximum Gasteiger partial charge on any atom is 0.225 e. The van der Waals surface area contributed by atoms with Crippen LogP contribution in [0.25, 0.3) is 0 Å². The van der Waals surface area contributed by atoms with E-state index < -0.39 is 0 Å². The van der Waals surface area contributed by atoms with E-state index in [1.165, 1.54) is 5.56 Å². The van der Waals surface area contributed by atoms with E-state index in [0.717, 1.165) is 31.9 Å². The van der Waals surface area contributed by atoms with Gasteiger partial charge in [0.25, 0.3) is 0 Å². The van der Waals surface area contributed by atoms with Gasteiger partial charge in [0.05, 0.1) is 0 Å². The molecule has 0 spiro atoms. The molecular formula is C18H22N4O. The highest BCUT2D eigenvalue weighted by molar-refractivity contribution is 5.90. The van der Waals surface area contributed by atoms with Crippen molar-refractivity contribution in [2.24, 2.45) is 0 Å². The Labute approximate surface area is 136 Å². The minimum atomic E-state index is 0.0552. The standard InChI is InChI=1S/C18H22N4O/c23-18(21-16-6-2-1-3-7-16)8-11-22-12-10-20-14-17(22)15-5-4-9-19-13-15/h1-7,9,13,17,20H,8,10-12,14H2,(H,21,23). The Morgan fingerprint density at radius 1 is 1.26 bits per heavy atom. The van der Waals surface area contributed by atoms with E-state index in [0.29, 0.717) is 6.42 Å². The lowest BCUT2D eigenvalue weighted by Crippen LogP contribution is -2.46. The first kappa shape index (κ1) is 15.6. The Hall–Kier alpha value is -2.24. The highest BCUT2D eigenvalue weighted by Gasteiger charge is 2.24. The van der Waals surface area contributed by atoms with Crippen LogP contribution < -0.4 is 10.6 Å². The zero-order chi connectivity index (χ0) is 15.9. The lowest BCUT2D eigenvalue weighted by atomic mass is 10.1. The number of para-hydroxylation sites is 1. The van der Waals surface area contributed by atoms with E-state index in [4.69, 9.17) is 0 Å². The molecule has 1 aliphatic rings. The molecular weight excluding hydrogens is 288 g/mol. The molecule has 1 amide bonds. The van der Waals surface area contributed by atoms with E-state index >= 15 is 0 Å². The number of anilines is 1. The van der Waals surface area contributed by atoms with Gasteiger partial charge in [0.1, 0.15) is 0 Å². The van der Waals surface area contributed by atoms with Gasteiger partial charge >= 0.3 is 0 Å². The predicted molar refractivity (Wildman–Crippen MR) is 91.1 cm³/mol. The summed E-state index contributed by atoms with van der Waals surface area (Å²) in [6.07, 6.45) is 4.19. The largest absolute Gasteiger partial charge is 0.326 e. The van der Waals surface area contributed by atoms with Crippen molar-refractivity contribution < 1.29 is 4.79 Å². The van der Waals surface area contributed by atoms with Gasteiger partial charge in [-0.05, 0) is 23.8 Å². The van der Waals surface area contributed by atoms with Crippen molar-refractivity contribution in [2.45, 2.75) is 12.5 Å². The summed E-state index contributed by atoms with van der Waals surface area (Å²) in [5.74, 6) is 0.0552. The van der Waals surface area contributed by atoms with E-state index in [1.54, 1.807) is 6.20 Å². The molecule has 1 fully saturated rings. The second kappa shape index (κ2) is 7.85. The summed E-state index contributed by atoms with van der Waals surface area (Å²) in [6.45, 7) is 3.54. The van der Waals surface area contributed by atoms with Crippen LogP contribution in [0.3, 0.4) is 0 Å².